The van der Waals surface area contributed by atoms with Crippen molar-refractivity contribution in [2.24, 2.45) is 0 Å². The molecule has 1 N–H and O–H groups in total. The van der Waals surface area contributed by atoms with Gasteiger partial charge in [-0.3, -0.25) is 0 Å². The molecule has 2 heterocycles. The molecule has 1 aromatic rings. The lowest BCUT2D eigenvalue weighted by molar-refractivity contribution is -0.136. The van der Waals surface area contributed by atoms with Crippen LogP contribution in [0.1, 0.15) is 10.9 Å². The van der Waals surface area contributed by atoms with Gasteiger partial charge in [-0.15, -0.1) is 11.8 Å². The number of ether oxygens (including phenoxy) is 1. The molecule has 0 saturated heterocycles. The van der Waals surface area contributed by atoms with Gasteiger partial charge < -0.3 is 10.1 Å². The van der Waals surface area contributed by atoms with E-state index in [4.69, 9.17) is 4.74 Å². The van der Waals surface area contributed by atoms with Gasteiger partial charge in [0.15, 0.2) is 0 Å². The molecule has 0 radical (unpaired) electrons. The van der Waals surface area contributed by atoms with Crippen molar-refractivity contribution in [2.45, 2.75) is 5.37 Å². The third kappa shape index (κ3) is 1.59. The Hall–Kier alpha value is -1.42. The van der Waals surface area contributed by atoms with Crippen LogP contribution in [0.25, 0.3) is 0 Å². The fourth-order valence-electron chi connectivity index (χ4n) is 1.88. The molecule has 0 bridgehead atoms. The molecule has 0 fully saturated rings. The van der Waals surface area contributed by atoms with E-state index in [1.807, 2.05) is 18.2 Å². The zero-order valence-corrected chi connectivity index (χ0v) is 9.42. The molecule has 4 heteroatoms. The second-order valence-corrected chi connectivity index (χ2v) is 4.89. The normalized spacial score (nSPS) is 23.8. The van der Waals surface area contributed by atoms with E-state index in [2.05, 4.69) is 17.4 Å². The summed E-state index contributed by atoms with van der Waals surface area (Å²) in [6.07, 6.45) is 0. The van der Waals surface area contributed by atoms with E-state index in [0.717, 1.165) is 11.3 Å². The van der Waals surface area contributed by atoms with Crippen molar-refractivity contribution >= 4 is 17.7 Å². The maximum Gasteiger partial charge on any atom is 0.354 e. The molecule has 0 aliphatic carbocycles. The maximum absolute atomic E-state index is 11.4. The van der Waals surface area contributed by atoms with Crippen LogP contribution in [-0.4, -0.2) is 18.3 Å². The first-order chi connectivity index (χ1) is 7.84. The number of benzene rings is 1. The van der Waals surface area contributed by atoms with Crippen molar-refractivity contribution < 1.29 is 9.53 Å². The smallest absolute Gasteiger partial charge is 0.354 e. The Labute approximate surface area is 97.9 Å². The molecule has 0 amide bonds. The fraction of sp³-hybridized carbons (Fsp3) is 0.250. The SMILES string of the molecule is O=C1OCC2=C1NC(c1ccccc1)SC2. The van der Waals surface area contributed by atoms with E-state index in [0.29, 0.717) is 12.3 Å². The summed E-state index contributed by atoms with van der Waals surface area (Å²) in [6.45, 7) is 0.454. The molecule has 3 rings (SSSR count). The number of nitrogens with one attached hydrogen (secondary N) is 1. The van der Waals surface area contributed by atoms with Crippen molar-refractivity contribution in [3.63, 3.8) is 0 Å². The van der Waals surface area contributed by atoms with Gasteiger partial charge in [-0.2, -0.15) is 0 Å². The Morgan fingerprint density at radius 2 is 2.12 bits per heavy atom. The quantitative estimate of drug-likeness (QED) is 0.751. The molecule has 1 atom stereocenters. The molecule has 1 unspecified atom stereocenters. The van der Waals surface area contributed by atoms with Crippen molar-refractivity contribution in [3.8, 4) is 0 Å². The van der Waals surface area contributed by atoms with Gasteiger partial charge in [0.2, 0.25) is 0 Å². The first kappa shape index (κ1) is 9.78. The van der Waals surface area contributed by atoms with Gasteiger partial charge in [0, 0.05) is 11.3 Å². The molecule has 2 aliphatic heterocycles. The second kappa shape index (κ2) is 3.87. The minimum absolute atomic E-state index is 0.158. The lowest BCUT2D eigenvalue weighted by atomic mass is 10.2. The maximum atomic E-state index is 11.4. The Morgan fingerprint density at radius 3 is 2.94 bits per heavy atom. The number of esters is 1. The van der Waals surface area contributed by atoms with Gasteiger partial charge in [0.05, 0.1) is 5.37 Å². The van der Waals surface area contributed by atoms with E-state index >= 15 is 0 Å². The van der Waals surface area contributed by atoms with Crippen molar-refractivity contribution in [3.05, 3.63) is 47.2 Å². The third-order valence-corrected chi connectivity index (χ3v) is 3.98. The first-order valence-electron chi connectivity index (χ1n) is 5.17. The van der Waals surface area contributed by atoms with Gasteiger partial charge in [-0.25, -0.2) is 4.79 Å². The molecule has 82 valence electrons. The molecule has 0 aromatic heterocycles. The molecule has 2 aliphatic rings. The van der Waals surface area contributed by atoms with Crippen LogP contribution < -0.4 is 5.32 Å². The van der Waals surface area contributed by atoms with Crippen LogP contribution in [0.2, 0.25) is 0 Å². The average molecular weight is 233 g/mol. The van der Waals surface area contributed by atoms with Crippen LogP contribution in [0, 0.1) is 0 Å². The number of cyclic esters (lactones) is 1. The summed E-state index contributed by atoms with van der Waals surface area (Å²) in [6, 6.07) is 10.1. The van der Waals surface area contributed by atoms with Crippen LogP contribution in [0.4, 0.5) is 0 Å². The monoisotopic (exact) mass is 233 g/mol. The predicted molar refractivity (Wildman–Crippen MR) is 62.8 cm³/mol. The van der Waals surface area contributed by atoms with Gasteiger partial charge in [-0.05, 0) is 5.56 Å². The summed E-state index contributed by atoms with van der Waals surface area (Å²) in [5.74, 6) is 0.657. The molecule has 3 nitrogen and oxygen atoms in total. The van der Waals surface area contributed by atoms with E-state index in [1.54, 1.807) is 11.8 Å². The first-order valence-corrected chi connectivity index (χ1v) is 6.22. The van der Waals surface area contributed by atoms with E-state index in [-0.39, 0.29) is 11.3 Å². The summed E-state index contributed by atoms with van der Waals surface area (Å²) in [5.41, 5.74) is 2.95. The van der Waals surface area contributed by atoms with Crippen LogP contribution in [0.15, 0.2) is 41.6 Å². The van der Waals surface area contributed by atoms with Crippen molar-refractivity contribution in [1.82, 2.24) is 5.32 Å². The largest absolute Gasteiger partial charge is 0.456 e. The van der Waals surface area contributed by atoms with E-state index < -0.39 is 0 Å². The highest BCUT2D eigenvalue weighted by atomic mass is 32.2. The highest BCUT2D eigenvalue weighted by molar-refractivity contribution is 7.99. The van der Waals surface area contributed by atoms with Crippen molar-refractivity contribution in [2.75, 3.05) is 12.4 Å². The molecular weight excluding hydrogens is 222 g/mol. The number of carbonyl (C=O) groups excluding carboxylic acids is 1. The number of hydrogen-bond donors (Lipinski definition) is 1. The summed E-state index contributed by atoms with van der Waals surface area (Å²) in [4.78, 5) is 11.4. The summed E-state index contributed by atoms with van der Waals surface area (Å²) in [7, 11) is 0. The third-order valence-electron chi connectivity index (χ3n) is 2.74. The Kier molecular flexibility index (Phi) is 2.36. The number of rotatable bonds is 1. The predicted octanol–water partition coefficient (Wildman–Crippen LogP) is 1.83. The Morgan fingerprint density at radius 1 is 1.31 bits per heavy atom. The molecule has 0 saturated carbocycles. The number of carbonyl (C=O) groups is 1. The van der Waals surface area contributed by atoms with Crippen molar-refractivity contribution in [1.29, 1.82) is 0 Å². The van der Waals surface area contributed by atoms with Gasteiger partial charge in [0.1, 0.15) is 12.3 Å². The minimum atomic E-state index is -0.212. The minimum Gasteiger partial charge on any atom is -0.456 e. The van der Waals surface area contributed by atoms with Gasteiger partial charge in [0.25, 0.3) is 0 Å². The van der Waals surface area contributed by atoms with E-state index in [1.165, 1.54) is 5.56 Å². The highest BCUT2D eigenvalue weighted by Crippen LogP contribution is 2.35. The Balaban J connectivity index is 1.85. The molecular formula is C12H11NO2S. The molecule has 16 heavy (non-hydrogen) atoms. The number of thioether (sulfide) groups is 1. The zero-order valence-electron chi connectivity index (χ0n) is 8.60. The molecule has 0 spiro atoms. The summed E-state index contributed by atoms with van der Waals surface area (Å²) >= 11 is 1.79. The molecule has 1 aromatic carbocycles. The van der Waals surface area contributed by atoms with Crippen LogP contribution in [0.3, 0.4) is 0 Å². The topological polar surface area (TPSA) is 38.3 Å². The van der Waals surface area contributed by atoms with Crippen LogP contribution in [-0.2, 0) is 9.53 Å². The van der Waals surface area contributed by atoms with Gasteiger partial charge in [-0.1, -0.05) is 30.3 Å². The second-order valence-electron chi connectivity index (χ2n) is 3.80. The van der Waals surface area contributed by atoms with Crippen LogP contribution >= 0.6 is 11.8 Å². The van der Waals surface area contributed by atoms with E-state index in [9.17, 15) is 4.79 Å². The average Bonchev–Trinajstić information content (AvgIpc) is 2.72. The Bertz CT molecular complexity index is 455. The lowest BCUT2D eigenvalue weighted by Crippen LogP contribution is -2.26. The zero-order chi connectivity index (χ0) is 11.0. The standard InChI is InChI=1S/C12H11NO2S/c14-12-10-9(6-15-12)7-16-11(13-10)8-4-2-1-3-5-8/h1-5,11,13H,6-7H2. The lowest BCUT2D eigenvalue weighted by Gasteiger charge is -2.24. The summed E-state index contributed by atoms with van der Waals surface area (Å²) in [5, 5.41) is 3.41. The summed E-state index contributed by atoms with van der Waals surface area (Å²) < 4.78 is 5.00. The van der Waals surface area contributed by atoms with Gasteiger partial charge >= 0.3 is 5.97 Å². The highest BCUT2D eigenvalue weighted by Gasteiger charge is 2.31. The fourth-order valence-corrected chi connectivity index (χ4v) is 3.03. The number of hydrogen-bond acceptors (Lipinski definition) is 4. The van der Waals surface area contributed by atoms with Crippen LogP contribution in [0.5, 0.6) is 0 Å².